The Morgan fingerprint density at radius 1 is 1.04 bits per heavy atom. The van der Waals surface area contributed by atoms with E-state index in [0.717, 1.165) is 44.9 Å². The van der Waals surface area contributed by atoms with E-state index >= 15 is 0 Å². The lowest BCUT2D eigenvalue weighted by Crippen LogP contribution is -2.16. The van der Waals surface area contributed by atoms with Gasteiger partial charge in [-0.2, -0.15) is 0 Å². The molecular formula is C20H13BrClN5. The molecule has 0 aliphatic carbocycles. The molecule has 0 saturated heterocycles. The molecule has 5 nitrogen and oxygen atoms in total. The Morgan fingerprint density at radius 3 is 2.81 bits per heavy atom. The minimum absolute atomic E-state index is 0.561. The molecule has 1 aliphatic rings. The Bertz CT molecular complexity index is 1170. The van der Waals surface area contributed by atoms with Crippen LogP contribution in [-0.2, 0) is 6.42 Å². The molecule has 2 aromatic heterocycles. The van der Waals surface area contributed by atoms with Crippen molar-refractivity contribution in [3.05, 3.63) is 70.0 Å². The number of anilines is 2. The zero-order valence-corrected chi connectivity index (χ0v) is 16.4. The van der Waals surface area contributed by atoms with Crippen LogP contribution < -0.4 is 4.90 Å². The van der Waals surface area contributed by atoms with Crippen molar-refractivity contribution < 1.29 is 0 Å². The van der Waals surface area contributed by atoms with Crippen LogP contribution in [0.15, 0.2) is 59.5 Å². The minimum atomic E-state index is 0.561. The fourth-order valence-electron chi connectivity index (χ4n) is 3.41. The van der Waals surface area contributed by atoms with Gasteiger partial charge in [0.05, 0.1) is 11.7 Å². The zero-order chi connectivity index (χ0) is 18.4. The normalized spacial score (nSPS) is 13.2. The van der Waals surface area contributed by atoms with Gasteiger partial charge in [-0.1, -0.05) is 27.5 Å². The van der Waals surface area contributed by atoms with E-state index in [1.807, 2.05) is 30.3 Å². The largest absolute Gasteiger partial charge is 0.325 e. The second-order valence-electron chi connectivity index (χ2n) is 6.30. The number of benzene rings is 2. The van der Waals surface area contributed by atoms with E-state index < -0.39 is 0 Å². The van der Waals surface area contributed by atoms with Gasteiger partial charge in [-0.15, -0.1) is 0 Å². The van der Waals surface area contributed by atoms with Gasteiger partial charge in [0.15, 0.2) is 5.82 Å². The number of fused-ring (bicyclic) bond motifs is 2. The molecule has 27 heavy (non-hydrogen) atoms. The summed E-state index contributed by atoms with van der Waals surface area (Å²) in [5.74, 6) is 1.43. The van der Waals surface area contributed by atoms with E-state index in [1.165, 1.54) is 5.56 Å². The molecule has 2 aromatic carbocycles. The van der Waals surface area contributed by atoms with Gasteiger partial charge in [-0.05, 0) is 48.4 Å². The smallest absolute Gasteiger partial charge is 0.182 e. The molecule has 0 radical (unpaired) electrons. The topological polar surface area (TPSA) is 54.8 Å². The molecule has 0 spiro atoms. The van der Waals surface area contributed by atoms with Crippen molar-refractivity contribution in [3.63, 3.8) is 0 Å². The second-order valence-corrected chi connectivity index (χ2v) is 7.65. The zero-order valence-electron chi connectivity index (χ0n) is 14.1. The molecule has 1 aliphatic heterocycles. The Balaban J connectivity index is 1.75. The number of hydrogen-bond acceptors (Lipinski definition) is 5. The molecule has 0 unspecified atom stereocenters. The average Bonchev–Trinajstić information content (AvgIpc) is 3.10. The van der Waals surface area contributed by atoms with E-state index in [4.69, 9.17) is 21.6 Å². The summed E-state index contributed by atoms with van der Waals surface area (Å²) in [5, 5.41) is 1.75. The highest BCUT2D eigenvalue weighted by molar-refractivity contribution is 9.10. The van der Waals surface area contributed by atoms with Gasteiger partial charge in [0.2, 0.25) is 0 Å². The van der Waals surface area contributed by atoms with E-state index in [9.17, 15) is 0 Å². The maximum atomic E-state index is 6.17. The summed E-state index contributed by atoms with van der Waals surface area (Å²) in [6.07, 6.45) is 5.90. The quantitative estimate of drug-likeness (QED) is 0.431. The van der Waals surface area contributed by atoms with Gasteiger partial charge in [-0.3, -0.25) is 4.98 Å². The first-order valence-corrected chi connectivity index (χ1v) is 9.66. The molecule has 4 aromatic rings. The molecule has 0 fully saturated rings. The van der Waals surface area contributed by atoms with Crippen LogP contribution in [0.4, 0.5) is 11.5 Å². The van der Waals surface area contributed by atoms with Crippen molar-refractivity contribution in [2.45, 2.75) is 6.42 Å². The van der Waals surface area contributed by atoms with Crippen molar-refractivity contribution >= 4 is 49.9 Å². The van der Waals surface area contributed by atoms with E-state index in [1.54, 1.807) is 18.6 Å². The van der Waals surface area contributed by atoms with Gasteiger partial charge in [0, 0.05) is 39.5 Å². The Hall–Kier alpha value is -2.57. The first-order valence-electron chi connectivity index (χ1n) is 8.49. The van der Waals surface area contributed by atoms with E-state index in [-0.39, 0.29) is 0 Å². The molecule has 0 saturated carbocycles. The predicted molar refractivity (Wildman–Crippen MR) is 110 cm³/mol. The number of hydrogen-bond donors (Lipinski definition) is 0. The monoisotopic (exact) mass is 437 g/mol. The van der Waals surface area contributed by atoms with Crippen LogP contribution >= 0.6 is 27.5 Å². The Kier molecular flexibility index (Phi) is 4.02. The third kappa shape index (κ3) is 2.95. The summed E-state index contributed by atoms with van der Waals surface area (Å²) in [6, 6.07) is 12.1. The molecule has 0 N–H and O–H groups in total. The van der Waals surface area contributed by atoms with Crippen molar-refractivity contribution in [3.8, 4) is 11.5 Å². The highest BCUT2D eigenvalue weighted by Crippen LogP contribution is 2.39. The van der Waals surface area contributed by atoms with Crippen LogP contribution in [0, 0.1) is 0 Å². The first kappa shape index (κ1) is 16.6. The highest BCUT2D eigenvalue weighted by Gasteiger charge is 2.24. The van der Waals surface area contributed by atoms with Crippen LogP contribution in [0.1, 0.15) is 5.56 Å². The van der Waals surface area contributed by atoms with Gasteiger partial charge in [-0.25, -0.2) is 15.0 Å². The summed E-state index contributed by atoms with van der Waals surface area (Å²) >= 11 is 9.71. The number of nitrogens with zero attached hydrogens (tertiary/aromatic N) is 5. The molecule has 3 heterocycles. The van der Waals surface area contributed by atoms with Gasteiger partial charge in [0.1, 0.15) is 11.5 Å². The Morgan fingerprint density at radius 2 is 1.96 bits per heavy atom. The molecule has 0 amide bonds. The van der Waals surface area contributed by atoms with Crippen LogP contribution in [-0.4, -0.2) is 26.5 Å². The first-order chi connectivity index (χ1) is 13.2. The standard InChI is InChI=1S/C20H13BrClN5/c21-13-1-3-15-16(10-13)25-19(17-11-23-6-7-24-17)26-20(15)27-8-5-12-9-14(22)2-4-18(12)27/h1-4,6-7,9-11H,5,8H2. The molecule has 0 atom stereocenters. The van der Waals surface area contributed by atoms with E-state index in [2.05, 4.69) is 36.9 Å². The molecule has 7 heteroatoms. The summed E-state index contributed by atoms with van der Waals surface area (Å²) in [5.41, 5.74) is 3.87. The number of rotatable bonds is 2. The van der Waals surface area contributed by atoms with Gasteiger partial charge < -0.3 is 4.90 Å². The number of halogens is 2. The molecular weight excluding hydrogens is 426 g/mol. The predicted octanol–water partition coefficient (Wildman–Crippen LogP) is 5.20. The summed E-state index contributed by atoms with van der Waals surface area (Å²) < 4.78 is 0.971. The summed E-state index contributed by atoms with van der Waals surface area (Å²) in [4.78, 5) is 20.3. The summed E-state index contributed by atoms with van der Waals surface area (Å²) in [6.45, 7) is 0.845. The molecule has 5 rings (SSSR count). The fraction of sp³-hybridized carbons (Fsp3) is 0.100. The maximum Gasteiger partial charge on any atom is 0.182 e. The second kappa shape index (κ2) is 6.55. The third-order valence-electron chi connectivity index (χ3n) is 4.62. The van der Waals surface area contributed by atoms with Crippen molar-refractivity contribution in [1.29, 1.82) is 0 Å². The van der Waals surface area contributed by atoms with Crippen LogP contribution in [0.2, 0.25) is 5.02 Å². The van der Waals surface area contributed by atoms with Crippen LogP contribution in [0.3, 0.4) is 0 Å². The van der Waals surface area contributed by atoms with Crippen molar-refractivity contribution in [2.75, 3.05) is 11.4 Å². The Labute approximate surface area is 169 Å². The fourth-order valence-corrected chi connectivity index (χ4v) is 3.95. The van der Waals surface area contributed by atoms with Crippen molar-refractivity contribution in [2.24, 2.45) is 0 Å². The highest BCUT2D eigenvalue weighted by atomic mass is 79.9. The summed E-state index contributed by atoms with van der Waals surface area (Å²) in [7, 11) is 0. The third-order valence-corrected chi connectivity index (χ3v) is 5.35. The molecule has 0 bridgehead atoms. The lowest BCUT2D eigenvalue weighted by molar-refractivity contribution is 0.974. The SMILES string of the molecule is Clc1ccc2c(c1)CCN2c1nc(-c2cnccn2)nc2cc(Br)ccc12. The van der Waals surface area contributed by atoms with Crippen LogP contribution in [0.5, 0.6) is 0 Å². The lowest BCUT2D eigenvalue weighted by atomic mass is 10.1. The van der Waals surface area contributed by atoms with Crippen LogP contribution in [0.25, 0.3) is 22.4 Å². The molecule has 132 valence electrons. The number of aromatic nitrogens is 4. The van der Waals surface area contributed by atoms with Crippen molar-refractivity contribution in [1.82, 2.24) is 19.9 Å². The lowest BCUT2D eigenvalue weighted by Gasteiger charge is -2.21. The average molecular weight is 439 g/mol. The van der Waals surface area contributed by atoms with E-state index in [0.29, 0.717) is 11.5 Å². The maximum absolute atomic E-state index is 6.17. The van der Waals surface area contributed by atoms with Gasteiger partial charge >= 0.3 is 0 Å². The minimum Gasteiger partial charge on any atom is -0.325 e. The van der Waals surface area contributed by atoms with Gasteiger partial charge in [0.25, 0.3) is 0 Å².